The van der Waals surface area contributed by atoms with E-state index >= 15 is 0 Å². The van der Waals surface area contributed by atoms with Crippen LogP contribution in [0.3, 0.4) is 0 Å². The molecule has 0 N–H and O–H groups in total. The first-order valence-electron chi connectivity index (χ1n) is 6.14. The average Bonchev–Trinajstić information content (AvgIpc) is 2.68. The molecule has 1 amide bonds. The van der Waals surface area contributed by atoms with Gasteiger partial charge in [-0.2, -0.15) is 0 Å². The summed E-state index contributed by atoms with van der Waals surface area (Å²) in [7, 11) is 1.42. The van der Waals surface area contributed by atoms with E-state index in [4.69, 9.17) is 22.3 Å². The highest BCUT2D eigenvalue weighted by atomic mass is 35.7. The number of halogens is 2. The highest BCUT2D eigenvalue weighted by Crippen LogP contribution is 2.31. The predicted molar refractivity (Wildman–Crippen MR) is 78.8 cm³/mol. The molecule has 0 bridgehead atoms. The summed E-state index contributed by atoms with van der Waals surface area (Å²) < 4.78 is 22.7. The zero-order valence-corrected chi connectivity index (χ0v) is 13.5. The van der Waals surface area contributed by atoms with Crippen molar-refractivity contribution in [2.45, 2.75) is 25.2 Å². The van der Waals surface area contributed by atoms with Gasteiger partial charge in [0.25, 0.3) is 15.0 Å². The van der Waals surface area contributed by atoms with Gasteiger partial charge in [-0.3, -0.25) is 4.79 Å². The third-order valence-corrected chi connectivity index (χ3v) is 5.10. The summed E-state index contributed by atoms with van der Waals surface area (Å²) in [5.41, 5.74) is 0.240. The minimum atomic E-state index is -3.88. The maximum Gasteiger partial charge on any atom is 0.261 e. The molecule has 0 aliphatic carbocycles. The molecular weight excluding hydrogens is 321 g/mol. The number of carbonyl (C=O) groups is 1. The number of benzene rings is 1. The topological polar surface area (TPSA) is 54.5 Å². The van der Waals surface area contributed by atoms with Crippen LogP contribution in [0.4, 0.5) is 0 Å². The molecule has 1 aromatic rings. The summed E-state index contributed by atoms with van der Waals surface area (Å²) in [6.07, 6.45) is 0.907. The largest absolute Gasteiger partial charge is 0.338 e. The second kappa shape index (κ2) is 5.20. The van der Waals surface area contributed by atoms with E-state index in [1.54, 1.807) is 4.90 Å². The molecule has 1 saturated heterocycles. The molecule has 0 radical (unpaired) electrons. The maximum atomic E-state index is 12.4. The smallest absolute Gasteiger partial charge is 0.261 e. The Kier molecular flexibility index (Phi) is 4.06. The monoisotopic (exact) mass is 335 g/mol. The van der Waals surface area contributed by atoms with Crippen LogP contribution in [0.5, 0.6) is 0 Å². The molecule has 1 fully saturated rings. The SMILES string of the molecule is CC1(C)CCN(C(=O)c2cc(S(=O)(=O)Cl)ccc2Cl)C1. The van der Waals surface area contributed by atoms with Crippen molar-refractivity contribution < 1.29 is 13.2 Å². The molecule has 1 aliphatic heterocycles. The van der Waals surface area contributed by atoms with Crippen molar-refractivity contribution in [3.63, 3.8) is 0 Å². The lowest BCUT2D eigenvalue weighted by molar-refractivity contribution is 0.0778. The summed E-state index contributed by atoms with van der Waals surface area (Å²) in [5.74, 6) is -0.261. The second-order valence-electron chi connectivity index (χ2n) is 5.72. The molecule has 0 saturated carbocycles. The lowest BCUT2D eigenvalue weighted by Crippen LogP contribution is -2.30. The molecular formula is C13H15Cl2NO3S. The molecule has 2 rings (SSSR count). The van der Waals surface area contributed by atoms with Gasteiger partial charge in [0.15, 0.2) is 0 Å². The third-order valence-electron chi connectivity index (χ3n) is 3.41. The first kappa shape index (κ1) is 15.6. The zero-order chi connectivity index (χ0) is 15.1. The Balaban J connectivity index is 2.35. The normalized spacial score (nSPS) is 18.3. The van der Waals surface area contributed by atoms with Crippen LogP contribution in [-0.4, -0.2) is 32.3 Å². The highest BCUT2D eigenvalue weighted by Gasteiger charge is 2.33. The zero-order valence-electron chi connectivity index (χ0n) is 11.2. The first-order valence-corrected chi connectivity index (χ1v) is 8.82. The van der Waals surface area contributed by atoms with Crippen LogP contribution in [-0.2, 0) is 9.05 Å². The number of carbonyl (C=O) groups excluding carboxylic acids is 1. The number of likely N-dealkylation sites (tertiary alicyclic amines) is 1. The Hall–Kier alpha value is -0.780. The molecule has 110 valence electrons. The highest BCUT2D eigenvalue weighted by molar-refractivity contribution is 8.13. The molecule has 0 atom stereocenters. The molecule has 0 unspecified atom stereocenters. The molecule has 1 aromatic carbocycles. The Morgan fingerprint density at radius 1 is 1.35 bits per heavy atom. The fraction of sp³-hybridized carbons (Fsp3) is 0.462. The van der Waals surface area contributed by atoms with Crippen LogP contribution < -0.4 is 0 Å². The van der Waals surface area contributed by atoms with Crippen molar-refractivity contribution in [1.29, 1.82) is 0 Å². The van der Waals surface area contributed by atoms with E-state index in [-0.39, 0.29) is 26.8 Å². The minimum Gasteiger partial charge on any atom is -0.338 e. The van der Waals surface area contributed by atoms with Gasteiger partial charge in [-0.05, 0) is 30.0 Å². The van der Waals surface area contributed by atoms with Crippen LogP contribution >= 0.6 is 22.3 Å². The number of hydrogen-bond donors (Lipinski definition) is 0. The number of rotatable bonds is 2. The van der Waals surface area contributed by atoms with E-state index < -0.39 is 9.05 Å². The Morgan fingerprint density at radius 3 is 2.50 bits per heavy atom. The van der Waals surface area contributed by atoms with Crippen LogP contribution in [0, 0.1) is 5.41 Å². The van der Waals surface area contributed by atoms with Crippen LogP contribution in [0.15, 0.2) is 23.1 Å². The summed E-state index contributed by atoms with van der Waals surface area (Å²) in [6.45, 7) is 5.43. The minimum absolute atomic E-state index is 0.0678. The van der Waals surface area contributed by atoms with Gasteiger partial charge in [0.2, 0.25) is 0 Å². The quantitative estimate of drug-likeness (QED) is 0.780. The van der Waals surface area contributed by atoms with Crippen LogP contribution in [0.1, 0.15) is 30.6 Å². The van der Waals surface area contributed by atoms with Gasteiger partial charge in [0.05, 0.1) is 15.5 Å². The lowest BCUT2D eigenvalue weighted by Gasteiger charge is -2.20. The van der Waals surface area contributed by atoms with Gasteiger partial charge in [-0.15, -0.1) is 0 Å². The van der Waals surface area contributed by atoms with Crippen molar-refractivity contribution >= 4 is 37.2 Å². The molecule has 0 aromatic heterocycles. The van der Waals surface area contributed by atoms with E-state index in [0.29, 0.717) is 13.1 Å². The van der Waals surface area contributed by atoms with Gasteiger partial charge < -0.3 is 4.90 Å². The lowest BCUT2D eigenvalue weighted by atomic mass is 9.93. The fourth-order valence-electron chi connectivity index (χ4n) is 2.28. The average molecular weight is 336 g/mol. The van der Waals surface area contributed by atoms with Crippen molar-refractivity contribution in [3.05, 3.63) is 28.8 Å². The van der Waals surface area contributed by atoms with Gasteiger partial charge in [0.1, 0.15) is 0 Å². The van der Waals surface area contributed by atoms with Gasteiger partial charge in [-0.1, -0.05) is 25.4 Å². The van der Waals surface area contributed by atoms with Crippen molar-refractivity contribution in [1.82, 2.24) is 4.90 Å². The van der Waals surface area contributed by atoms with Crippen LogP contribution in [0.25, 0.3) is 0 Å². The summed E-state index contributed by atoms with van der Waals surface area (Å²) in [5, 5.41) is 0.226. The molecule has 7 heteroatoms. The third kappa shape index (κ3) is 3.27. The van der Waals surface area contributed by atoms with E-state index in [1.165, 1.54) is 18.2 Å². The Morgan fingerprint density at radius 2 is 2.00 bits per heavy atom. The number of hydrogen-bond acceptors (Lipinski definition) is 3. The second-order valence-corrected chi connectivity index (χ2v) is 8.69. The molecule has 1 heterocycles. The Bertz CT molecular complexity index is 656. The molecule has 0 spiro atoms. The van der Waals surface area contributed by atoms with Gasteiger partial charge in [0, 0.05) is 23.8 Å². The van der Waals surface area contributed by atoms with Crippen LogP contribution in [0.2, 0.25) is 5.02 Å². The number of amides is 1. The summed E-state index contributed by atoms with van der Waals surface area (Å²) >= 11 is 6.01. The predicted octanol–water partition coefficient (Wildman–Crippen LogP) is 3.14. The molecule has 1 aliphatic rings. The summed E-state index contributed by atoms with van der Waals surface area (Å²) in [4.78, 5) is 14.0. The number of nitrogens with zero attached hydrogens (tertiary/aromatic N) is 1. The maximum absolute atomic E-state index is 12.4. The fourth-order valence-corrected chi connectivity index (χ4v) is 3.25. The van der Waals surface area contributed by atoms with E-state index in [1.807, 2.05) is 0 Å². The van der Waals surface area contributed by atoms with E-state index in [2.05, 4.69) is 13.8 Å². The summed E-state index contributed by atoms with van der Waals surface area (Å²) in [6, 6.07) is 3.90. The van der Waals surface area contributed by atoms with Crippen molar-refractivity contribution in [2.24, 2.45) is 5.41 Å². The van der Waals surface area contributed by atoms with E-state index in [0.717, 1.165) is 6.42 Å². The first-order chi connectivity index (χ1) is 9.10. The van der Waals surface area contributed by atoms with Crippen molar-refractivity contribution in [2.75, 3.05) is 13.1 Å². The standard InChI is InChI=1S/C13H15Cl2NO3S/c1-13(2)5-6-16(8-13)12(17)10-7-9(20(15,18)19)3-4-11(10)14/h3-4,7H,5-6,8H2,1-2H3. The van der Waals surface area contributed by atoms with Gasteiger partial charge >= 0.3 is 0 Å². The molecule has 4 nitrogen and oxygen atoms in total. The Labute approximate surface area is 128 Å². The van der Waals surface area contributed by atoms with Gasteiger partial charge in [-0.25, -0.2) is 8.42 Å². The van der Waals surface area contributed by atoms with Crippen molar-refractivity contribution in [3.8, 4) is 0 Å². The molecule has 20 heavy (non-hydrogen) atoms. The van der Waals surface area contributed by atoms with E-state index in [9.17, 15) is 13.2 Å².